The molecule has 1 aromatic carbocycles. The summed E-state index contributed by atoms with van der Waals surface area (Å²) in [6.07, 6.45) is 2.59. The lowest BCUT2D eigenvalue weighted by Crippen LogP contribution is -2.54. The second kappa shape index (κ2) is 14.2. The number of imidazole rings is 1. The number of carbonyl (C=O) groups excluding carboxylic acids is 4. The van der Waals surface area contributed by atoms with E-state index in [9.17, 15) is 19.2 Å². The van der Waals surface area contributed by atoms with Crippen molar-refractivity contribution < 1.29 is 23.9 Å². The highest BCUT2D eigenvalue weighted by molar-refractivity contribution is 5.93. The van der Waals surface area contributed by atoms with E-state index < -0.39 is 35.6 Å². The molecule has 1 heterocycles. The van der Waals surface area contributed by atoms with E-state index in [4.69, 9.17) is 4.74 Å². The van der Waals surface area contributed by atoms with Crippen LogP contribution in [0, 0.1) is 5.92 Å². The maximum atomic E-state index is 13.4. The van der Waals surface area contributed by atoms with E-state index in [1.807, 2.05) is 44.2 Å². The molecule has 2 atom stereocenters. The van der Waals surface area contributed by atoms with Crippen molar-refractivity contribution in [3.05, 3.63) is 54.1 Å². The zero-order valence-electron chi connectivity index (χ0n) is 23.8. The van der Waals surface area contributed by atoms with E-state index in [1.54, 1.807) is 34.6 Å². The number of ether oxygens (including phenoxy) is 1. The molecule has 0 aliphatic carbocycles. The fourth-order valence-electron chi connectivity index (χ4n) is 3.50. The van der Waals surface area contributed by atoms with Gasteiger partial charge in [0.15, 0.2) is 0 Å². The van der Waals surface area contributed by atoms with E-state index in [0.717, 1.165) is 5.56 Å². The topological polar surface area (TPSA) is 144 Å². The van der Waals surface area contributed by atoms with Gasteiger partial charge >= 0.3 is 6.09 Å². The molecule has 0 fully saturated rings. The van der Waals surface area contributed by atoms with E-state index in [0.29, 0.717) is 11.4 Å². The first-order valence-corrected chi connectivity index (χ1v) is 12.9. The number of hydrogen-bond donors (Lipinski definition) is 3. The van der Waals surface area contributed by atoms with Crippen molar-refractivity contribution in [2.45, 2.75) is 85.4 Å². The summed E-state index contributed by atoms with van der Waals surface area (Å²) < 4.78 is 6.53. The molecular formula is C28H40N6O5. The molecule has 1 aromatic heterocycles. The molecule has 2 rings (SSSR count). The summed E-state index contributed by atoms with van der Waals surface area (Å²) in [6.45, 7) is 12.5. The van der Waals surface area contributed by atoms with Crippen LogP contribution in [0.4, 0.5) is 4.79 Å². The summed E-state index contributed by atoms with van der Waals surface area (Å²) in [5.41, 5.74) is 3.60. The van der Waals surface area contributed by atoms with Crippen LogP contribution in [0.2, 0.25) is 0 Å². The van der Waals surface area contributed by atoms with Gasteiger partial charge in [0.1, 0.15) is 24.0 Å². The minimum atomic E-state index is -1.08. The van der Waals surface area contributed by atoms with Gasteiger partial charge in [-0.1, -0.05) is 44.2 Å². The molecule has 0 saturated carbocycles. The molecule has 0 aliphatic rings. The number of aromatic nitrogens is 2. The molecule has 39 heavy (non-hydrogen) atoms. The average Bonchev–Trinajstić information content (AvgIpc) is 3.29. The van der Waals surface area contributed by atoms with Crippen molar-refractivity contribution in [1.82, 2.24) is 25.6 Å². The Morgan fingerprint density at radius 1 is 0.974 bits per heavy atom. The molecule has 3 N–H and O–H groups in total. The molecule has 0 aliphatic heterocycles. The molecule has 0 spiro atoms. The molecule has 212 valence electrons. The van der Waals surface area contributed by atoms with Crippen molar-refractivity contribution in [3.63, 3.8) is 0 Å². The molecule has 0 saturated heterocycles. The van der Waals surface area contributed by atoms with E-state index in [-0.39, 0.29) is 31.1 Å². The quantitative estimate of drug-likeness (QED) is 0.295. The van der Waals surface area contributed by atoms with Crippen LogP contribution in [-0.4, -0.2) is 56.8 Å². The number of nitrogens with zero attached hydrogens (tertiary/aromatic N) is 3. The van der Waals surface area contributed by atoms with Gasteiger partial charge < -0.3 is 15.4 Å². The van der Waals surface area contributed by atoms with Gasteiger partial charge in [-0.2, -0.15) is 5.10 Å². The van der Waals surface area contributed by atoms with Crippen LogP contribution in [0.15, 0.2) is 48.0 Å². The molecule has 3 amide bonds. The number of hydrogen-bond acceptors (Lipinski definition) is 7. The molecular weight excluding hydrogens is 500 g/mol. The summed E-state index contributed by atoms with van der Waals surface area (Å²) in [5.74, 6) is -1.24. The predicted molar refractivity (Wildman–Crippen MR) is 148 cm³/mol. The molecule has 0 radical (unpaired) electrons. The number of nitrogens with one attached hydrogen (secondary N) is 3. The molecule has 2 unspecified atom stereocenters. The van der Waals surface area contributed by atoms with Gasteiger partial charge in [-0.3, -0.25) is 14.4 Å². The highest BCUT2D eigenvalue weighted by Crippen LogP contribution is 2.11. The standard InChI is InChI=1S/C28H40N6O5/c1-18(2)13-24(35)30-22(14-20-11-9-8-10-12-20)25(36)31-23(26(37)33-32-19(3)4)15-21-16-34(17-29-21)27(38)39-28(5,6)7/h8-12,16-18,22-23H,13-15H2,1-7H3,(H,30,35)(H,31,36)(H,33,37). The van der Waals surface area contributed by atoms with Gasteiger partial charge in [0.25, 0.3) is 5.91 Å². The summed E-state index contributed by atoms with van der Waals surface area (Å²) in [7, 11) is 0. The number of rotatable bonds is 11. The highest BCUT2D eigenvalue weighted by atomic mass is 16.6. The van der Waals surface area contributed by atoms with Crippen molar-refractivity contribution in [2.24, 2.45) is 11.0 Å². The van der Waals surface area contributed by atoms with Crippen LogP contribution >= 0.6 is 0 Å². The lowest BCUT2D eigenvalue weighted by molar-refractivity contribution is -0.132. The summed E-state index contributed by atoms with van der Waals surface area (Å²) in [6, 6.07) is 7.29. The number of amides is 3. The van der Waals surface area contributed by atoms with E-state index >= 15 is 0 Å². The molecule has 11 nitrogen and oxygen atoms in total. The fourth-order valence-corrected chi connectivity index (χ4v) is 3.50. The molecule has 0 bridgehead atoms. The third kappa shape index (κ3) is 11.5. The van der Waals surface area contributed by atoms with Crippen LogP contribution in [0.1, 0.15) is 66.1 Å². The van der Waals surface area contributed by atoms with Gasteiger partial charge in [0.2, 0.25) is 11.8 Å². The maximum absolute atomic E-state index is 13.4. The normalized spacial score (nSPS) is 12.7. The second-order valence-corrected chi connectivity index (χ2v) is 11.0. The van der Waals surface area contributed by atoms with Crippen molar-refractivity contribution >= 4 is 29.5 Å². The van der Waals surface area contributed by atoms with E-state index in [1.165, 1.54) is 17.1 Å². The third-order valence-electron chi connectivity index (χ3n) is 5.20. The average molecular weight is 541 g/mol. The van der Waals surface area contributed by atoms with Crippen molar-refractivity contribution in [1.29, 1.82) is 0 Å². The SMILES string of the molecule is CC(C)=NNC(=O)C(Cc1cn(C(=O)OC(C)(C)C)cn1)NC(=O)C(Cc1ccccc1)NC(=O)CC(C)C. The van der Waals surface area contributed by atoms with Crippen LogP contribution in [-0.2, 0) is 32.0 Å². The zero-order valence-corrected chi connectivity index (χ0v) is 23.8. The van der Waals surface area contributed by atoms with Gasteiger partial charge in [-0.15, -0.1) is 0 Å². The zero-order chi connectivity index (χ0) is 29.2. The Labute approximate surface area is 229 Å². The summed E-state index contributed by atoms with van der Waals surface area (Å²) in [4.78, 5) is 55.6. The first kappa shape index (κ1) is 31.2. The highest BCUT2D eigenvalue weighted by Gasteiger charge is 2.28. The van der Waals surface area contributed by atoms with Gasteiger partial charge in [-0.25, -0.2) is 19.8 Å². The largest absolute Gasteiger partial charge is 0.443 e. The Morgan fingerprint density at radius 2 is 1.62 bits per heavy atom. The lowest BCUT2D eigenvalue weighted by atomic mass is 10.0. The first-order chi connectivity index (χ1) is 18.2. The Bertz CT molecular complexity index is 1160. The van der Waals surface area contributed by atoms with Crippen LogP contribution in [0.3, 0.4) is 0 Å². The Hall–Kier alpha value is -4.02. The number of hydrazone groups is 1. The minimum Gasteiger partial charge on any atom is -0.443 e. The van der Waals surface area contributed by atoms with Crippen LogP contribution in [0.25, 0.3) is 0 Å². The third-order valence-corrected chi connectivity index (χ3v) is 5.20. The van der Waals surface area contributed by atoms with Gasteiger partial charge in [0, 0.05) is 31.2 Å². The summed E-state index contributed by atoms with van der Waals surface area (Å²) >= 11 is 0. The van der Waals surface area contributed by atoms with Gasteiger partial charge in [0.05, 0.1) is 5.69 Å². The van der Waals surface area contributed by atoms with Gasteiger partial charge in [-0.05, 0) is 46.1 Å². The Kier molecular flexibility index (Phi) is 11.4. The predicted octanol–water partition coefficient (Wildman–Crippen LogP) is 2.98. The maximum Gasteiger partial charge on any atom is 0.419 e. The Morgan fingerprint density at radius 3 is 2.21 bits per heavy atom. The monoisotopic (exact) mass is 540 g/mol. The summed E-state index contributed by atoms with van der Waals surface area (Å²) in [5, 5.41) is 9.51. The fraction of sp³-hybridized carbons (Fsp3) is 0.500. The lowest BCUT2D eigenvalue weighted by Gasteiger charge is -2.23. The van der Waals surface area contributed by atoms with Crippen LogP contribution in [0.5, 0.6) is 0 Å². The molecule has 11 heteroatoms. The smallest absolute Gasteiger partial charge is 0.419 e. The van der Waals surface area contributed by atoms with Crippen molar-refractivity contribution in [3.8, 4) is 0 Å². The minimum absolute atomic E-state index is 0.0242. The van der Waals surface area contributed by atoms with Crippen LogP contribution < -0.4 is 16.1 Å². The number of benzene rings is 1. The molecule has 2 aromatic rings. The number of carbonyl (C=O) groups is 4. The Balaban J connectivity index is 2.27. The van der Waals surface area contributed by atoms with E-state index in [2.05, 4.69) is 26.1 Å². The first-order valence-electron chi connectivity index (χ1n) is 12.9. The second-order valence-electron chi connectivity index (χ2n) is 11.0. The van der Waals surface area contributed by atoms with Crippen molar-refractivity contribution in [2.75, 3.05) is 0 Å².